The summed E-state index contributed by atoms with van der Waals surface area (Å²) in [5, 5.41) is 9.67. The molecule has 0 spiro atoms. The lowest BCUT2D eigenvalue weighted by Gasteiger charge is -2.10. The van der Waals surface area contributed by atoms with Gasteiger partial charge in [0.05, 0.1) is 6.10 Å². The lowest BCUT2D eigenvalue weighted by molar-refractivity contribution is 0.156. The molecular formula is C11H13FO. The molecule has 70 valence electrons. The summed E-state index contributed by atoms with van der Waals surface area (Å²) in [6.07, 6.45) is 2.46. The van der Waals surface area contributed by atoms with Crippen LogP contribution < -0.4 is 0 Å². The molecule has 1 N–H and O–H groups in total. The monoisotopic (exact) mass is 180 g/mol. The zero-order valence-electron chi connectivity index (χ0n) is 7.41. The molecule has 0 saturated heterocycles. The van der Waals surface area contributed by atoms with Crippen molar-refractivity contribution in [1.29, 1.82) is 0 Å². The maximum Gasteiger partial charge on any atom is 0.128 e. The lowest BCUT2D eigenvalue weighted by Crippen LogP contribution is -2.01. The molecule has 13 heavy (non-hydrogen) atoms. The van der Waals surface area contributed by atoms with Gasteiger partial charge >= 0.3 is 0 Å². The van der Waals surface area contributed by atoms with Crippen molar-refractivity contribution in [1.82, 2.24) is 0 Å². The Morgan fingerprint density at radius 2 is 2.08 bits per heavy atom. The number of benzene rings is 1. The van der Waals surface area contributed by atoms with Gasteiger partial charge in [0.25, 0.3) is 0 Å². The largest absolute Gasteiger partial charge is 0.388 e. The predicted molar refractivity (Wildman–Crippen MR) is 48.7 cm³/mol. The van der Waals surface area contributed by atoms with E-state index in [4.69, 9.17) is 0 Å². The fourth-order valence-corrected chi connectivity index (χ4v) is 1.54. The van der Waals surface area contributed by atoms with Crippen LogP contribution in [0.25, 0.3) is 0 Å². The van der Waals surface area contributed by atoms with Crippen molar-refractivity contribution >= 4 is 0 Å². The second kappa shape index (κ2) is 3.46. The highest BCUT2D eigenvalue weighted by atomic mass is 19.1. The van der Waals surface area contributed by atoms with Crippen molar-refractivity contribution < 1.29 is 9.50 Å². The zero-order chi connectivity index (χ0) is 9.26. The van der Waals surface area contributed by atoms with Gasteiger partial charge in [-0.15, -0.1) is 0 Å². The number of aliphatic hydroxyl groups excluding tert-OH is 1. The van der Waals surface area contributed by atoms with Crippen LogP contribution in [0.2, 0.25) is 0 Å². The minimum Gasteiger partial charge on any atom is -0.388 e. The van der Waals surface area contributed by atoms with E-state index in [0.29, 0.717) is 17.9 Å². The normalized spacial score (nSPS) is 18.6. The molecule has 0 amide bonds. The predicted octanol–water partition coefficient (Wildman–Crippen LogP) is 2.66. The molecule has 0 unspecified atom stereocenters. The molecule has 1 aliphatic rings. The Kier molecular flexibility index (Phi) is 2.32. The van der Waals surface area contributed by atoms with E-state index in [9.17, 15) is 9.50 Å². The quantitative estimate of drug-likeness (QED) is 0.758. The van der Waals surface area contributed by atoms with E-state index in [-0.39, 0.29) is 5.82 Å². The Labute approximate surface area is 77.2 Å². The molecule has 0 aromatic heterocycles. The third-order valence-electron chi connectivity index (χ3n) is 2.52. The second-order valence-electron chi connectivity index (χ2n) is 3.72. The van der Waals surface area contributed by atoms with Crippen molar-refractivity contribution in [2.45, 2.75) is 25.4 Å². The van der Waals surface area contributed by atoms with Crippen LogP contribution >= 0.6 is 0 Å². The van der Waals surface area contributed by atoms with Gasteiger partial charge < -0.3 is 5.11 Å². The summed E-state index contributed by atoms with van der Waals surface area (Å²) in [5.41, 5.74) is 0.439. The second-order valence-corrected chi connectivity index (χ2v) is 3.72. The van der Waals surface area contributed by atoms with Gasteiger partial charge in [-0.25, -0.2) is 4.39 Å². The van der Waals surface area contributed by atoms with Crippen LogP contribution in [0.15, 0.2) is 24.3 Å². The van der Waals surface area contributed by atoms with Crippen LogP contribution in [0.3, 0.4) is 0 Å². The molecule has 1 aromatic carbocycles. The highest BCUT2D eigenvalue weighted by Crippen LogP contribution is 2.37. The molecule has 1 aromatic rings. The molecule has 1 atom stereocenters. The summed E-state index contributed by atoms with van der Waals surface area (Å²) in [5.74, 6) is 0.324. The summed E-state index contributed by atoms with van der Waals surface area (Å²) in [4.78, 5) is 0. The fraction of sp³-hybridized carbons (Fsp3) is 0.455. The molecule has 0 radical (unpaired) electrons. The first-order valence-electron chi connectivity index (χ1n) is 4.70. The van der Waals surface area contributed by atoms with E-state index in [1.165, 1.54) is 18.9 Å². The number of aliphatic hydroxyl groups is 1. The third kappa shape index (κ3) is 2.07. The SMILES string of the molecule is O[C@@H](CC1CC1)c1ccccc1F. The Morgan fingerprint density at radius 1 is 1.38 bits per heavy atom. The highest BCUT2D eigenvalue weighted by molar-refractivity contribution is 5.19. The lowest BCUT2D eigenvalue weighted by atomic mass is 10.0. The Morgan fingerprint density at radius 3 is 2.69 bits per heavy atom. The van der Waals surface area contributed by atoms with Gasteiger partial charge in [-0.2, -0.15) is 0 Å². The van der Waals surface area contributed by atoms with Crippen molar-refractivity contribution in [3.05, 3.63) is 35.6 Å². The van der Waals surface area contributed by atoms with E-state index in [1.54, 1.807) is 18.2 Å². The van der Waals surface area contributed by atoms with Crippen LogP contribution in [0.5, 0.6) is 0 Å². The number of rotatable bonds is 3. The first-order chi connectivity index (χ1) is 6.27. The maximum absolute atomic E-state index is 13.2. The maximum atomic E-state index is 13.2. The molecule has 2 rings (SSSR count). The van der Waals surface area contributed by atoms with E-state index in [0.717, 1.165) is 0 Å². The molecule has 0 bridgehead atoms. The van der Waals surface area contributed by atoms with E-state index < -0.39 is 6.10 Å². The van der Waals surface area contributed by atoms with Crippen LogP contribution in [-0.2, 0) is 0 Å². The van der Waals surface area contributed by atoms with Gasteiger partial charge in [-0.05, 0) is 18.4 Å². The van der Waals surface area contributed by atoms with Crippen molar-refractivity contribution in [3.63, 3.8) is 0 Å². The van der Waals surface area contributed by atoms with Crippen LogP contribution in [0, 0.1) is 11.7 Å². The minimum atomic E-state index is -0.617. The van der Waals surface area contributed by atoms with Gasteiger partial charge in [0, 0.05) is 5.56 Å². The van der Waals surface area contributed by atoms with E-state index in [2.05, 4.69) is 0 Å². The molecule has 1 nitrogen and oxygen atoms in total. The smallest absolute Gasteiger partial charge is 0.128 e. The highest BCUT2D eigenvalue weighted by Gasteiger charge is 2.26. The van der Waals surface area contributed by atoms with E-state index >= 15 is 0 Å². The van der Waals surface area contributed by atoms with Crippen molar-refractivity contribution in [2.24, 2.45) is 5.92 Å². The molecule has 1 fully saturated rings. The minimum absolute atomic E-state index is 0.296. The molecule has 0 heterocycles. The number of halogens is 1. The Bertz CT molecular complexity index is 294. The van der Waals surface area contributed by atoms with Gasteiger partial charge in [-0.3, -0.25) is 0 Å². The summed E-state index contributed by atoms with van der Waals surface area (Å²) in [6.45, 7) is 0. The first-order valence-corrected chi connectivity index (χ1v) is 4.70. The summed E-state index contributed by atoms with van der Waals surface area (Å²) < 4.78 is 13.2. The van der Waals surface area contributed by atoms with Crippen LogP contribution in [0.1, 0.15) is 30.9 Å². The molecule has 2 heteroatoms. The molecule has 1 saturated carbocycles. The molecule has 1 aliphatic carbocycles. The van der Waals surface area contributed by atoms with Gasteiger partial charge in [0.1, 0.15) is 5.82 Å². The Hall–Kier alpha value is -0.890. The van der Waals surface area contributed by atoms with E-state index in [1.807, 2.05) is 0 Å². The summed E-state index contributed by atoms with van der Waals surface area (Å²) >= 11 is 0. The average Bonchev–Trinajstić information content (AvgIpc) is 2.89. The third-order valence-corrected chi connectivity index (χ3v) is 2.52. The van der Waals surface area contributed by atoms with Gasteiger partial charge in [0.15, 0.2) is 0 Å². The number of hydrogen-bond acceptors (Lipinski definition) is 1. The average molecular weight is 180 g/mol. The Balaban J connectivity index is 2.09. The summed E-state index contributed by atoms with van der Waals surface area (Å²) in [6, 6.07) is 6.45. The van der Waals surface area contributed by atoms with Crippen molar-refractivity contribution in [2.75, 3.05) is 0 Å². The topological polar surface area (TPSA) is 20.2 Å². The fourth-order valence-electron chi connectivity index (χ4n) is 1.54. The zero-order valence-corrected chi connectivity index (χ0v) is 7.41. The van der Waals surface area contributed by atoms with Gasteiger partial charge in [-0.1, -0.05) is 31.0 Å². The first kappa shape index (κ1) is 8.70. The molecular weight excluding hydrogens is 167 g/mol. The van der Waals surface area contributed by atoms with Crippen LogP contribution in [0.4, 0.5) is 4.39 Å². The summed E-state index contributed by atoms with van der Waals surface area (Å²) in [7, 11) is 0. The van der Waals surface area contributed by atoms with Gasteiger partial charge in [0.2, 0.25) is 0 Å². The standard InChI is InChI=1S/C11H13FO/c12-10-4-2-1-3-9(10)11(13)7-8-5-6-8/h1-4,8,11,13H,5-7H2/t11-/m0/s1. The molecule has 0 aliphatic heterocycles. The van der Waals surface area contributed by atoms with Crippen molar-refractivity contribution in [3.8, 4) is 0 Å². The van der Waals surface area contributed by atoms with Crippen LogP contribution in [-0.4, -0.2) is 5.11 Å². The number of hydrogen-bond donors (Lipinski definition) is 1.